The molecular formula is C12H18F2N2. The number of halogens is 2. The van der Waals surface area contributed by atoms with Crippen LogP contribution in [-0.2, 0) is 0 Å². The maximum atomic E-state index is 13.5. The number of benzene rings is 1. The predicted octanol–water partition coefficient (Wildman–Crippen LogP) is 2.20. The topological polar surface area (TPSA) is 52.0 Å². The standard InChI is InChI=1S/C12H18F2N2/c1-7(2)10(6-15)12(16)9-4-3-8(13)5-11(9)14/h3-5,7,10,12H,6,15-16H2,1-2H3. The van der Waals surface area contributed by atoms with E-state index in [1.165, 1.54) is 12.1 Å². The molecule has 0 saturated heterocycles. The van der Waals surface area contributed by atoms with Crippen molar-refractivity contribution >= 4 is 0 Å². The fourth-order valence-corrected chi connectivity index (χ4v) is 1.84. The molecular weight excluding hydrogens is 210 g/mol. The van der Waals surface area contributed by atoms with Crippen LogP contribution in [0.3, 0.4) is 0 Å². The Hall–Kier alpha value is -1.00. The molecule has 1 rings (SSSR count). The smallest absolute Gasteiger partial charge is 0.130 e. The minimum atomic E-state index is -0.605. The van der Waals surface area contributed by atoms with Crippen LogP contribution in [0.4, 0.5) is 8.78 Å². The van der Waals surface area contributed by atoms with Crippen LogP contribution in [0.15, 0.2) is 18.2 Å². The van der Waals surface area contributed by atoms with E-state index in [1.807, 2.05) is 13.8 Å². The molecule has 16 heavy (non-hydrogen) atoms. The van der Waals surface area contributed by atoms with Crippen molar-refractivity contribution in [2.45, 2.75) is 19.9 Å². The van der Waals surface area contributed by atoms with Crippen molar-refractivity contribution in [2.75, 3.05) is 6.54 Å². The number of hydrogen-bond donors (Lipinski definition) is 2. The summed E-state index contributed by atoms with van der Waals surface area (Å²) in [4.78, 5) is 0. The van der Waals surface area contributed by atoms with Gasteiger partial charge < -0.3 is 11.5 Å². The van der Waals surface area contributed by atoms with E-state index < -0.39 is 17.7 Å². The van der Waals surface area contributed by atoms with Crippen molar-refractivity contribution < 1.29 is 8.78 Å². The zero-order valence-electron chi connectivity index (χ0n) is 9.58. The maximum Gasteiger partial charge on any atom is 0.130 e. The second-order valence-corrected chi connectivity index (χ2v) is 4.34. The summed E-state index contributed by atoms with van der Waals surface area (Å²) in [6.45, 7) is 4.35. The van der Waals surface area contributed by atoms with E-state index in [4.69, 9.17) is 11.5 Å². The molecule has 0 aliphatic heterocycles. The molecule has 0 bridgehead atoms. The molecule has 0 amide bonds. The van der Waals surface area contributed by atoms with Gasteiger partial charge in [0.05, 0.1) is 0 Å². The molecule has 4 heteroatoms. The average Bonchev–Trinajstić information content (AvgIpc) is 2.17. The van der Waals surface area contributed by atoms with Gasteiger partial charge in [0, 0.05) is 17.7 Å². The zero-order chi connectivity index (χ0) is 12.3. The largest absolute Gasteiger partial charge is 0.330 e. The highest BCUT2D eigenvalue weighted by Gasteiger charge is 2.23. The third-order valence-electron chi connectivity index (χ3n) is 2.91. The summed E-state index contributed by atoms with van der Waals surface area (Å²) in [5.41, 5.74) is 11.9. The quantitative estimate of drug-likeness (QED) is 0.830. The molecule has 1 aromatic carbocycles. The Kier molecular flexibility index (Phi) is 4.38. The van der Waals surface area contributed by atoms with Crippen LogP contribution >= 0.6 is 0 Å². The lowest BCUT2D eigenvalue weighted by atomic mass is 9.85. The molecule has 0 aliphatic rings. The highest BCUT2D eigenvalue weighted by atomic mass is 19.1. The van der Waals surface area contributed by atoms with Crippen molar-refractivity contribution in [1.29, 1.82) is 0 Å². The van der Waals surface area contributed by atoms with Crippen LogP contribution in [0, 0.1) is 23.5 Å². The van der Waals surface area contributed by atoms with Crippen molar-refractivity contribution in [3.8, 4) is 0 Å². The first-order valence-corrected chi connectivity index (χ1v) is 5.38. The molecule has 2 unspecified atom stereocenters. The Morgan fingerprint density at radius 3 is 2.31 bits per heavy atom. The first kappa shape index (κ1) is 13.1. The summed E-state index contributed by atoms with van der Waals surface area (Å²) in [5.74, 6) is -0.960. The second kappa shape index (κ2) is 5.37. The molecule has 90 valence electrons. The van der Waals surface area contributed by atoms with Gasteiger partial charge in [-0.1, -0.05) is 19.9 Å². The van der Waals surface area contributed by atoms with E-state index in [1.54, 1.807) is 0 Å². The van der Waals surface area contributed by atoms with Gasteiger partial charge in [0.1, 0.15) is 11.6 Å². The number of hydrogen-bond acceptors (Lipinski definition) is 2. The van der Waals surface area contributed by atoms with E-state index in [-0.39, 0.29) is 11.8 Å². The van der Waals surface area contributed by atoms with Gasteiger partial charge in [0.25, 0.3) is 0 Å². The van der Waals surface area contributed by atoms with Crippen molar-refractivity contribution in [3.05, 3.63) is 35.4 Å². The summed E-state index contributed by atoms with van der Waals surface area (Å²) in [5, 5.41) is 0. The Balaban J connectivity index is 2.99. The SMILES string of the molecule is CC(C)C(CN)C(N)c1ccc(F)cc1F. The Labute approximate surface area is 94.6 Å². The van der Waals surface area contributed by atoms with Crippen LogP contribution in [0.5, 0.6) is 0 Å². The van der Waals surface area contributed by atoms with Crippen LogP contribution in [0.1, 0.15) is 25.5 Å². The van der Waals surface area contributed by atoms with Crippen LogP contribution in [0.25, 0.3) is 0 Å². The van der Waals surface area contributed by atoms with Gasteiger partial charge in [-0.25, -0.2) is 8.78 Å². The molecule has 2 nitrogen and oxygen atoms in total. The molecule has 0 spiro atoms. The summed E-state index contributed by atoms with van der Waals surface area (Å²) in [6, 6.07) is 2.96. The molecule has 0 aromatic heterocycles. The Morgan fingerprint density at radius 2 is 1.88 bits per heavy atom. The van der Waals surface area contributed by atoms with Crippen LogP contribution < -0.4 is 11.5 Å². The predicted molar refractivity (Wildman–Crippen MR) is 60.7 cm³/mol. The Morgan fingerprint density at radius 1 is 1.25 bits per heavy atom. The van der Waals surface area contributed by atoms with Crippen molar-refractivity contribution in [3.63, 3.8) is 0 Å². The van der Waals surface area contributed by atoms with Gasteiger partial charge in [0.2, 0.25) is 0 Å². The fraction of sp³-hybridized carbons (Fsp3) is 0.500. The zero-order valence-corrected chi connectivity index (χ0v) is 9.58. The molecule has 0 heterocycles. The lowest BCUT2D eigenvalue weighted by molar-refractivity contribution is 0.325. The summed E-state index contributed by atoms with van der Waals surface area (Å²) in [7, 11) is 0. The van der Waals surface area contributed by atoms with Gasteiger partial charge >= 0.3 is 0 Å². The molecule has 1 aromatic rings. The summed E-state index contributed by atoms with van der Waals surface area (Å²) >= 11 is 0. The minimum absolute atomic E-state index is 0.0139. The van der Waals surface area contributed by atoms with Gasteiger partial charge in [0.15, 0.2) is 0 Å². The highest BCUT2D eigenvalue weighted by Crippen LogP contribution is 2.27. The number of nitrogens with two attached hydrogens (primary N) is 2. The van der Waals surface area contributed by atoms with Crippen LogP contribution in [-0.4, -0.2) is 6.54 Å². The van der Waals surface area contributed by atoms with E-state index >= 15 is 0 Å². The van der Waals surface area contributed by atoms with Crippen molar-refractivity contribution in [2.24, 2.45) is 23.3 Å². The van der Waals surface area contributed by atoms with Crippen molar-refractivity contribution in [1.82, 2.24) is 0 Å². The first-order chi connectivity index (χ1) is 7.47. The second-order valence-electron chi connectivity index (χ2n) is 4.34. The van der Waals surface area contributed by atoms with E-state index in [9.17, 15) is 8.78 Å². The number of rotatable bonds is 4. The maximum absolute atomic E-state index is 13.5. The molecule has 4 N–H and O–H groups in total. The van der Waals surface area contributed by atoms with Gasteiger partial charge in [-0.15, -0.1) is 0 Å². The summed E-state index contributed by atoms with van der Waals surface area (Å²) in [6.07, 6.45) is 0. The van der Waals surface area contributed by atoms with Gasteiger partial charge in [-0.3, -0.25) is 0 Å². The van der Waals surface area contributed by atoms with E-state index in [2.05, 4.69) is 0 Å². The van der Waals surface area contributed by atoms with Gasteiger partial charge in [-0.2, -0.15) is 0 Å². The average molecular weight is 228 g/mol. The first-order valence-electron chi connectivity index (χ1n) is 5.38. The third kappa shape index (κ3) is 2.77. The van der Waals surface area contributed by atoms with Crippen LogP contribution in [0.2, 0.25) is 0 Å². The lowest BCUT2D eigenvalue weighted by Gasteiger charge is -2.26. The van der Waals surface area contributed by atoms with E-state index in [0.717, 1.165) is 6.07 Å². The third-order valence-corrected chi connectivity index (χ3v) is 2.91. The molecule has 0 aliphatic carbocycles. The highest BCUT2D eigenvalue weighted by molar-refractivity contribution is 5.22. The summed E-state index contributed by atoms with van der Waals surface area (Å²) < 4.78 is 26.2. The Bertz CT molecular complexity index is 353. The molecule has 2 atom stereocenters. The fourth-order valence-electron chi connectivity index (χ4n) is 1.84. The monoisotopic (exact) mass is 228 g/mol. The lowest BCUT2D eigenvalue weighted by Crippen LogP contribution is -2.32. The normalized spacial score (nSPS) is 15.2. The van der Waals surface area contributed by atoms with Gasteiger partial charge in [-0.05, 0) is 24.4 Å². The minimum Gasteiger partial charge on any atom is -0.330 e. The van der Waals surface area contributed by atoms with E-state index in [0.29, 0.717) is 12.1 Å². The molecule has 0 radical (unpaired) electrons. The molecule has 0 fully saturated rings. The molecule has 0 saturated carbocycles.